The molecular formula is C15H22BrClN2O3S. The normalized spacial score (nSPS) is 18.0. The molecule has 1 heterocycles. The zero-order valence-electron chi connectivity index (χ0n) is 12.8. The van der Waals surface area contributed by atoms with Crippen LogP contribution >= 0.6 is 28.3 Å². The van der Waals surface area contributed by atoms with E-state index in [0.717, 1.165) is 30.4 Å². The van der Waals surface area contributed by atoms with Gasteiger partial charge in [0.05, 0.1) is 5.75 Å². The highest BCUT2D eigenvalue weighted by Crippen LogP contribution is 2.14. The van der Waals surface area contributed by atoms with Crippen LogP contribution in [0.15, 0.2) is 28.7 Å². The van der Waals surface area contributed by atoms with Crippen molar-refractivity contribution in [1.82, 2.24) is 10.6 Å². The van der Waals surface area contributed by atoms with Gasteiger partial charge in [-0.25, -0.2) is 8.42 Å². The maximum atomic E-state index is 12.1. The van der Waals surface area contributed by atoms with Gasteiger partial charge in [-0.3, -0.25) is 4.79 Å². The summed E-state index contributed by atoms with van der Waals surface area (Å²) in [4.78, 5) is 11.8. The maximum Gasteiger partial charge on any atom is 0.235 e. The van der Waals surface area contributed by atoms with Crippen LogP contribution in [0.5, 0.6) is 0 Å². The van der Waals surface area contributed by atoms with E-state index in [1.165, 1.54) is 0 Å². The number of hydrogen-bond acceptors (Lipinski definition) is 4. The highest BCUT2D eigenvalue weighted by Gasteiger charge is 2.19. The highest BCUT2D eigenvalue weighted by molar-refractivity contribution is 9.10. The third kappa shape index (κ3) is 7.65. The van der Waals surface area contributed by atoms with E-state index in [9.17, 15) is 13.2 Å². The average Bonchev–Trinajstić information content (AvgIpc) is 2.45. The molecular weight excluding hydrogens is 404 g/mol. The second-order valence-electron chi connectivity index (χ2n) is 5.68. The van der Waals surface area contributed by atoms with Gasteiger partial charge in [0.25, 0.3) is 0 Å². The average molecular weight is 426 g/mol. The molecule has 130 valence electrons. The highest BCUT2D eigenvalue weighted by atomic mass is 79.9. The van der Waals surface area contributed by atoms with Gasteiger partial charge in [0.2, 0.25) is 5.91 Å². The number of hydrogen-bond donors (Lipinski definition) is 2. The Balaban J connectivity index is 0.00000264. The van der Waals surface area contributed by atoms with E-state index < -0.39 is 21.5 Å². The quantitative estimate of drug-likeness (QED) is 0.730. The molecule has 0 aromatic heterocycles. The minimum Gasteiger partial charge on any atom is -0.355 e. The van der Waals surface area contributed by atoms with Gasteiger partial charge in [-0.2, -0.15) is 0 Å². The predicted octanol–water partition coefficient (Wildman–Crippen LogP) is 1.90. The lowest BCUT2D eigenvalue weighted by molar-refractivity contribution is -0.118. The molecule has 0 aliphatic carbocycles. The van der Waals surface area contributed by atoms with E-state index in [-0.39, 0.29) is 18.2 Å². The molecule has 1 aromatic carbocycles. The van der Waals surface area contributed by atoms with Crippen LogP contribution in [0.1, 0.15) is 18.4 Å². The summed E-state index contributed by atoms with van der Waals surface area (Å²) >= 11 is 3.31. The van der Waals surface area contributed by atoms with Crippen molar-refractivity contribution >= 4 is 44.1 Å². The first-order valence-electron chi connectivity index (χ1n) is 7.37. The molecule has 23 heavy (non-hydrogen) atoms. The molecule has 1 aliphatic rings. The summed E-state index contributed by atoms with van der Waals surface area (Å²) in [5.74, 6) is -0.601. The molecule has 1 aliphatic heterocycles. The number of nitrogens with one attached hydrogen (secondary N) is 2. The van der Waals surface area contributed by atoms with Crippen LogP contribution in [0.3, 0.4) is 0 Å². The third-order valence-corrected chi connectivity index (χ3v) is 5.58. The SMILES string of the molecule is Cl.O=C(CS(=O)(=O)Cc1cccc(Br)c1)NCC1CCCNC1. The van der Waals surface area contributed by atoms with Gasteiger partial charge >= 0.3 is 0 Å². The van der Waals surface area contributed by atoms with Crippen molar-refractivity contribution < 1.29 is 13.2 Å². The molecule has 0 saturated carbocycles. The maximum absolute atomic E-state index is 12.1. The van der Waals surface area contributed by atoms with E-state index in [0.29, 0.717) is 18.0 Å². The molecule has 0 bridgehead atoms. The zero-order chi connectivity index (χ0) is 16.0. The fourth-order valence-corrected chi connectivity index (χ4v) is 4.28. The predicted molar refractivity (Wildman–Crippen MR) is 97.5 cm³/mol. The fraction of sp³-hybridized carbons (Fsp3) is 0.533. The van der Waals surface area contributed by atoms with Gasteiger partial charge in [-0.15, -0.1) is 12.4 Å². The molecule has 5 nitrogen and oxygen atoms in total. The lowest BCUT2D eigenvalue weighted by atomic mass is 10.00. The van der Waals surface area contributed by atoms with Gasteiger partial charge in [0.1, 0.15) is 5.75 Å². The molecule has 2 N–H and O–H groups in total. The topological polar surface area (TPSA) is 75.3 Å². The summed E-state index contributed by atoms with van der Waals surface area (Å²) in [5, 5.41) is 6.01. The fourth-order valence-electron chi connectivity index (χ4n) is 2.54. The number of amides is 1. The lowest BCUT2D eigenvalue weighted by Crippen LogP contribution is -2.40. The Bertz CT molecular complexity index is 619. The van der Waals surface area contributed by atoms with Crippen LogP contribution in [-0.4, -0.2) is 39.7 Å². The monoisotopic (exact) mass is 424 g/mol. The smallest absolute Gasteiger partial charge is 0.235 e. The zero-order valence-corrected chi connectivity index (χ0v) is 16.0. The van der Waals surface area contributed by atoms with E-state index in [4.69, 9.17) is 0 Å². The van der Waals surface area contributed by atoms with Crippen LogP contribution in [0.2, 0.25) is 0 Å². The van der Waals surface area contributed by atoms with Crippen molar-refractivity contribution in [3.63, 3.8) is 0 Å². The molecule has 1 amide bonds. The molecule has 1 unspecified atom stereocenters. The minimum atomic E-state index is -3.45. The Kier molecular flexibility index (Phi) is 8.53. The first-order chi connectivity index (χ1) is 10.4. The molecule has 2 rings (SSSR count). The van der Waals surface area contributed by atoms with E-state index in [2.05, 4.69) is 26.6 Å². The number of carbonyl (C=O) groups is 1. The molecule has 1 fully saturated rings. The van der Waals surface area contributed by atoms with Gasteiger partial charge in [-0.1, -0.05) is 28.1 Å². The Morgan fingerprint density at radius 2 is 2.17 bits per heavy atom. The summed E-state index contributed by atoms with van der Waals surface area (Å²) in [5.41, 5.74) is 0.679. The third-order valence-electron chi connectivity index (χ3n) is 3.61. The Morgan fingerprint density at radius 3 is 2.83 bits per heavy atom. The van der Waals surface area contributed by atoms with Crippen LogP contribution in [-0.2, 0) is 20.4 Å². The van der Waals surface area contributed by atoms with Crippen LogP contribution in [0, 0.1) is 5.92 Å². The number of benzene rings is 1. The number of piperidine rings is 1. The first kappa shape index (κ1) is 20.4. The van der Waals surface area contributed by atoms with Gasteiger partial charge in [0.15, 0.2) is 9.84 Å². The summed E-state index contributed by atoms with van der Waals surface area (Å²) in [6.45, 7) is 2.44. The molecule has 1 atom stereocenters. The lowest BCUT2D eigenvalue weighted by Gasteiger charge is -2.22. The van der Waals surface area contributed by atoms with Crippen molar-refractivity contribution in [3.8, 4) is 0 Å². The van der Waals surface area contributed by atoms with Crippen LogP contribution in [0.4, 0.5) is 0 Å². The molecule has 0 spiro atoms. The van der Waals surface area contributed by atoms with E-state index in [1.54, 1.807) is 18.2 Å². The second kappa shape index (κ2) is 9.61. The number of halogens is 2. The van der Waals surface area contributed by atoms with Crippen molar-refractivity contribution in [2.75, 3.05) is 25.4 Å². The number of sulfone groups is 1. The largest absolute Gasteiger partial charge is 0.355 e. The minimum absolute atomic E-state index is 0. The number of carbonyl (C=O) groups excluding carboxylic acids is 1. The summed E-state index contributed by atoms with van der Waals surface area (Å²) in [7, 11) is -3.45. The van der Waals surface area contributed by atoms with Gasteiger partial charge < -0.3 is 10.6 Å². The Labute approximate surface area is 152 Å². The van der Waals surface area contributed by atoms with Crippen molar-refractivity contribution in [3.05, 3.63) is 34.3 Å². The van der Waals surface area contributed by atoms with Gasteiger partial charge in [0, 0.05) is 11.0 Å². The van der Waals surface area contributed by atoms with E-state index >= 15 is 0 Å². The van der Waals surface area contributed by atoms with E-state index in [1.807, 2.05) is 6.07 Å². The van der Waals surface area contributed by atoms with Crippen molar-refractivity contribution in [1.29, 1.82) is 0 Å². The summed E-state index contributed by atoms with van der Waals surface area (Å²) < 4.78 is 25.0. The molecule has 1 aromatic rings. The Morgan fingerprint density at radius 1 is 1.39 bits per heavy atom. The molecule has 1 saturated heterocycles. The number of rotatable bonds is 6. The second-order valence-corrected chi connectivity index (χ2v) is 8.66. The standard InChI is InChI=1S/C15H21BrN2O3S.ClH/c16-14-5-1-3-12(7-14)10-22(20,21)11-15(19)18-9-13-4-2-6-17-8-13;/h1,3,5,7,13,17H,2,4,6,8-11H2,(H,18,19);1H. The first-order valence-corrected chi connectivity index (χ1v) is 9.98. The van der Waals surface area contributed by atoms with Crippen molar-refractivity contribution in [2.24, 2.45) is 5.92 Å². The van der Waals surface area contributed by atoms with Gasteiger partial charge in [-0.05, 0) is 49.5 Å². The summed E-state index contributed by atoms with van der Waals surface area (Å²) in [6, 6.07) is 7.11. The molecule has 8 heteroatoms. The van der Waals surface area contributed by atoms with Crippen LogP contribution in [0.25, 0.3) is 0 Å². The summed E-state index contributed by atoms with van der Waals surface area (Å²) in [6.07, 6.45) is 2.17. The van der Waals surface area contributed by atoms with Crippen molar-refractivity contribution in [2.45, 2.75) is 18.6 Å². The van der Waals surface area contributed by atoms with Crippen LogP contribution < -0.4 is 10.6 Å². The molecule has 0 radical (unpaired) electrons. The Hall–Kier alpha value is -0.630.